The molecule has 1 amide bonds. The smallest absolute Gasteiger partial charge is 0.251 e. The molecule has 0 saturated heterocycles. The molecule has 1 saturated carbocycles. The molecule has 0 spiro atoms. The minimum atomic E-state index is -1.16. The van der Waals surface area contributed by atoms with Crippen LogP contribution in [0, 0.1) is 5.92 Å². The molecule has 6 heteroatoms. The van der Waals surface area contributed by atoms with Gasteiger partial charge in [0.05, 0.1) is 12.8 Å². The van der Waals surface area contributed by atoms with Gasteiger partial charge in [-0.3, -0.25) is 4.79 Å². The van der Waals surface area contributed by atoms with E-state index in [2.05, 4.69) is 5.32 Å². The Morgan fingerprint density at radius 2 is 2.09 bits per heavy atom. The van der Waals surface area contributed by atoms with Crippen LogP contribution < -0.4 is 14.8 Å². The highest BCUT2D eigenvalue weighted by Crippen LogP contribution is 2.45. The van der Waals surface area contributed by atoms with Gasteiger partial charge in [-0.25, -0.2) is 0 Å². The summed E-state index contributed by atoms with van der Waals surface area (Å²) < 4.78 is 15.9. The van der Waals surface area contributed by atoms with Gasteiger partial charge in [0.15, 0.2) is 11.5 Å². The number of rotatable bonds is 5. The van der Waals surface area contributed by atoms with Crippen molar-refractivity contribution < 1.29 is 23.8 Å². The van der Waals surface area contributed by atoms with E-state index in [0.717, 1.165) is 12.8 Å². The first-order valence-electron chi connectivity index (χ1n) is 7.61. The monoisotopic (exact) mass is 315 g/mol. The number of aliphatic hydroxyl groups is 1. The van der Waals surface area contributed by atoms with Crippen molar-refractivity contribution >= 4 is 5.91 Å². The third kappa shape index (κ3) is 2.55. The lowest BCUT2D eigenvalue weighted by Crippen LogP contribution is -2.42. The lowest BCUT2D eigenvalue weighted by atomic mass is 9.94. The molecule has 0 radical (unpaired) electrons. The number of benzene rings is 1. The highest BCUT2D eigenvalue weighted by molar-refractivity contribution is 5.95. The van der Waals surface area contributed by atoms with E-state index in [1.54, 1.807) is 30.3 Å². The summed E-state index contributed by atoms with van der Waals surface area (Å²) in [5.41, 5.74) is -0.693. The fourth-order valence-corrected chi connectivity index (χ4v) is 2.87. The van der Waals surface area contributed by atoms with Crippen LogP contribution in [0.2, 0.25) is 0 Å². The number of nitrogens with one attached hydrogen (secondary N) is 1. The molecule has 4 rings (SSSR count). The third-order valence-corrected chi connectivity index (χ3v) is 4.35. The van der Waals surface area contributed by atoms with Gasteiger partial charge in [-0.05, 0) is 49.1 Å². The van der Waals surface area contributed by atoms with Crippen LogP contribution in [-0.4, -0.2) is 24.4 Å². The summed E-state index contributed by atoms with van der Waals surface area (Å²) >= 11 is 0. The number of amides is 1. The van der Waals surface area contributed by atoms with Gasteiger partial charge in [-0.15, -0.1) is 0 Å². The molecule has 2 aliphatic rings. The third-order valence-electron chi connectivity index (χ3n) is 4.35. The predicted molar refractivity (Wildman–Crippen MR) is 80.2 cm³/mol. The zero-order valence-electron chi connectivity index (χ0n) is 12.5. The molecule has 1 atom stereocenters. The van der Waals surface area contributed by atoms with Gasteiger partial charge in [-0.2, -0.15) is 0 Å². The quantitative estimate of drug-likeness (QED) is 0.882. The summed E-state index contributed by atoms with van der Waals surface area (Å²) in [6.07, 6.45) is 3.39. The van der Waals surface area contributed by atoms with Crippen molar-refractivity contribution in [3.8, 4) is 11.5 Å². The normalized spacial score (nSPS) is 18.5. The summed E-state index contributed by atoms with van der Waals surface area (Å²) in [5, 5.41) is 13.7. The fourth-order valence-electron chi connectivity index (χ4n) is 2.87. The average molecular weight is 315 g/mol. The van der Waals surface area contributed by atoms with Gasteiger partial charge in [0.1, 0.15) is 11.4 Å². The maximum absolute atomic E-state index is 12.4. The molecule has 0 bridgehead atoms. The molecule has 1 aromatic carbocycles. The lowest BCUT2D eigenvalue weighted by molar-refractivity contribution is -0.00611. The van der Waals surface area contributed by atoms with E-state index in [1.165, 1.54) is 6.26 Å². The zero-order valence-corrected chi connectivity index (χ0v) is 12.5. The van der Waals surface area contributed by atoms with E-state index >= 15 is 0 Å². The van der Waals surface area contributed by atoms with Crippen molar-refractivity contribution in [1.29, 1.82) is 0 Å². The first-order chi connectivity index (χ1) is 11.2. The van der Waals surface area contributed by atoms with Gasteiger partial charge < -0.3 is 24.3 Å². The van der Waals surface area contributed by atoms with Crippen molar-refractivity contribution in [2.24, 2.45) is 5.92 Å². The number of hydrogen-bond acceptors (Lipinski definition) is 5. The van der Waals surface area contributed by atoms with E-state index in [4.69, 9.17) is 13.9 Å². The SMILES string of the molecule is O=C(NC[C@](O)(c1ccco1)C1CC1)c1ccc2c(c1)OCO2. The van der Waals surface area contributed by atoms with E-state index in [1.807, 2.05) is 0 Å². The Labute approximate surface area is 133 Å². The van der Waals surface area contributed by atoms with E-state index in [-0.39, 0.29) is 25.2 Å². The van der Waals surface area contributed by atoms with Crippen molar-refractivity contribution in [2.75, 3.05) is 13.3 Å². The fraction of sp³-hybridized carbons (Fsp3) is 0.353. The summed E-state index contributed by atoms with van der Waals surface area (Å²) in [4.78, 5) is 12.4. The Balaban J connectivity index is 1.48. The molecule has 120 valence electrons. The second kappa shape index (κ2) is 5.31. The summed E-state index contributed by atoms with van der Waals surface area (Å²) in [6.45, 7) is 0.277. The highest BCUT2D eigenvalue weighted by Gasteiger charge is 2.47. The minimum absolute atomic E-state index is 0.110. The Morgan fingerprint density at radius 1 is 1.26 bits per heavy atom. The van der Waals surface area contributed by atoms with Crippen LogP contribution in [0.5, 0.6) is 11.5 Å². The molecule has 6 nitrogen and oxygen atoms in total. The van der Waals surface area contributed by atoms with Crippen molar-refractivity contribution in [2.45, 2.75) is 18.4 Å². The Bertz CT molecular complexity index is 723. The molecule has 23 heavy (non-hydrogen) atoms. The number of carbonyl (C=O) groups excluding carboxylic acids is 1. The van der Waals surface area contributed by atoms with Crippen LogP contribution in [0.25, 0.3) is 0 Å². The Kier molecular flexibility index (Phi) is 3.27. The number of ether oxygens (including phenoxy) is 2. The van der Waals surface area contributed by atoms with Gasteiger partial charge >= 0.3 is 0 Å². The predicted octanol–water partition coefficient (Wildman–Crippen LogP) is 2.04. The maximum Gasteiger partial charge on any atom is 0.251 e. The second-order valence-electron chi connectivity index (χ2n) is 5.93. The van der Waals surface area contributed by atoms with Crippen LogP contribution in [0.1, 0.15) is 29.0 Å². The molecule has 0 unspecified atom stereocenters. The van der Waals surface area contributed by atoms with E-state index in [9.17, 15) is 9.90 Å². The second-order valence-corrected chi connectivity index (χ2v) is 5.93. The van der Waals surface area contributed by atoms with Crippen LogP contribution in [0.3, 0.4) is 0 Å². The molecule has 2 heterocycles. The molecule has 1 aliphatic carbocycles. The van der Waals surface area contributed by atoms with Crippen molar-refractivity contribution in [3.63, 3.8) is 0 Å². The number of fused-ring (bicyclic) bond motifs is 1. The largest absolute Gasteiger partial charge is 0.466 e. The number of carbonyl (C=O) groups is 1. The van der Waals surface area contributed by atoms with Crippen LogP contribution in [-0.2, 0) is 5.60 Å². The molecule has 2 aromatic rings. The molecule has 1 fully saturated rings. The van der Waals surface area contributed by atoms with Crippen LogP contribution >= 0.6 is 0 Å². The van der Waals surface area contributed by atoms with E-state index < -0.39 is 5.60 Å². The highest BCUT2D eigenvalue weighted by atomic mass is 16.7. The van der Waals surface area contributed by atoms with Gasteiger partial charge in [-0.1, -0.05) is 0 Å². The average Bonchev–Trinajstić information content (AvgIpc) is 3.10. The number of furan rings is 1. The van der Waals surface area contributed by atoms with Gasteiger partial charge in [0.25, 0.3) is 5.91 Å². The Hall–Kier alpha value is -2.47. The summed E-state index contributed by atoms with van der Waals surface area (Å²) in [6, 6.07) is 8.50. The van der Waals surface area contributed by atoms with Crippen LogP contribution in [0.4, 0.5) is 0 Å². The summed E-state index contributed by atoms with van der Waals surface area (Å²) in [5.74, 6) is 1.53. The first kappa shape index (κ1) is 14.1. The number of hydrogen-bond donors (Lipinski definition) is 2. The lowest BCUT2D eigenvalue weighted by Gasteiger charge is -2.26. The van der Waals surface area contributed by atoms with Crippen LogP contribution in [0.15, 0.2) is 41.0 Å². The standard InChI is InChI=1S/C17H17NO5/c19-16(11-3-6-13-14(8-11)23-10-22-13)18-9-17(20,12-4-5-12)15-2-1-7-21-15/h1-3,6-8,12,20H,4-5,9-10H2,(H,18,19)/t17-/m1/s1. The van der Waals surface area contributed by atoms with Gasteiger partial charge in [0.2, 0.25) is 6.79 Å². The van der Waals surface area contributed by atoms with Crippen molar-refractivity contribution in [1.82, 2.24) is 5.32 Å². The molecule has 1 aromatic heterocycles. The topological polar surface area (TPSA) is 80.9 Å². The molecular formula is C17H17NO5. The molecule has 1 aliphatic heterocycles. The first-order valence-corrected chi connectivity index (χ1v) is 7.61. The maximum atomic E-state index is 12.4. The summed E-state index contributed by atoms with van der Waals surface area (Å²) in [7, 11) is 0. The zero-order chi connectivity index (χ0) is 15.9. The molecular weight excluding hydrogens is 298 g/mol. The van der Waals surface area contributed by atoms with Gasteiger partial charge in [0, 0.05) is 5.56 Å². The van der Waals surface area contributed by atoms with E-state index in [0.29, 0.717) is 22.8 Å². The minimum Gasteiger partial charge on any atom is -0.466 e. The Morgan fingerprint density at radius 3 is 2.83 bits per heavy atom. The molecule has 2 N–H and O–H groups in total. The van der Waals surface area contributed by atoms with Crippen molar-refractivity contribution in [3.05, 3.63) is 47.9 Å².